The molecule has 0 radical (unpaired) electrons. The molecule has 1 aliphatic rings. The van der Waals surface area contributed by atoms with E-state index < -0.39 is 0 Å². The predicted octanol–water partition coefficient (Wildman–Crippen LogP) is 4.85. The second-order valence-electron chi connectivity index (χ2n) is 8.92. The van der Waals surface area contributed by atoms with Crippen LogP contribution in [0.5, 0.6) is 0 Å². The summed E-state index contributed by atoms with van der Waals surface area (Å²) in [6.45, 7) is 19.9. The fourth-order valence-corrected chi connectivity index (χ4v) is 5.03. The summed E-state index contributed by atoms with van der Waals surface area (Å²) >= 11 is 0. The van der Waals surface area contributed by atoms with Gasteiger partial charge in [-0.05, 0) is 47.5 Å². The van der Waals surface area contributed by atoms with E-state index in [9.17, 15) is 4.79 Å². The predicted molar refractivity (Wildman–Crippen MR) is 106 cm³/mol. The molecule has 1 saturated heterocycles. The number of unbranched alkanes of at least 4 members (excludes halogenated alkanes) is 2. The molecule has 0 atom stereocenters. The third-order valence-corrected chi connectivity index (χ3v) is 5.68. The van der Waals surface area contributed by atoms with Crippen LogP contribution in [0.4, 0.5) is 0 Å². The molecule has 1 heterocycles. The van der Waals surface area contributed by atoms with Crippen LogP contribution in [0.25, 0.3) is 0 Å². The Hall–Kier alpha value is -0.650. The smallest absolute Gasteiger partial charge is 0.302 e. The van der Waals surface area contributed by atoms with Crippen LogP contribution in [0, 0.1) is 0 Å². The Bertz CT molecular complexity index is 423. The number of hydrogen-bond acceptors (Lipinski definition) is 4. The molecule has 154 valence electrons. The molecule has 0 aliphatic carbocycles. The second kappa shape index (κ2) is 9.52. The van der Waals surface area contributed by atoms with E-state index >= 15 is 0 Å². The Labute approximate surface area is 161 Å². The Kier molecular flexibility index (Phi) is 8.56. The first-order valence-corrected chi connectivity index (χ1v) is 10.5. The van der Waals surface area contributed by atoms with Gasteiger partial charge in [0.05, 0.1) is 13.1 Å². The van der Waals surface area contributed by atoms with Crippen molar-refractivity contribution in [2.75, 3.05) is 19.7 Å². The van der Waals surface area contributed by atoms with Gasteiger partial charge in [0.15, 0.2) is 0 Å². The summed E-state index contributed by atoms with van der Waals surface area (Å²) in [7, 11) is 0. The Morgan fingerprint density at radius 1 is 1.00 bits per heavy atom. The van der Waals surface area contributed by atoms with E-state index in [1.807, 2.05) is 0 Å². The van der Waals surface area contributed by atoms with Crippen LogP contribution in [-0.2, 0) is 14.4 Å². The maximum atomic E-state index is 11.6. The number of rotatable bonds is 10. The lowest BCUT2D eigenvalue weighted by atomic mass is 9.78. The van der Waals surface area contributed by atoms with E-state index in [0.717, 1.165) is 38.8 Å². The van der Waals surface area contributed by atoms with Crippen LogP contribution in [0.3, 0.4) is 0 Å². The highest BCUT2D eigenvalue weighted by atomic mass is 16.8. The zero-order chi connectivity index (χ0) is 20.0. The highest BCUT2D eigenvalue weighted by Gasteiger charge is 2.65. The number of nitrogens with zero attached hydrogens (tertiary/aromatic N) is 2. The minimum atomic E-state index is -0.188. The quantitative estimate of drug-likeness (QED) is 0.406. The molecule has 1 fully saturated rings. The van der Waals surface area contributed by atoms with Gasteiger partial charge in [-0.3, -0.25) is 4.79 Å². The van der Waals surface area contributed by atoms with Crippen LogP contribution in [0.15, 0.2) is 0 Å². The summed E-state index contributed by atoms with van der Waals surface area (Å²) in [5.74, 6) is -0.188. The minimum Gasteiger partial charge on any atom is -0.462 e. The molecule has 0 amide bonds. The first-order chi connectivity index (χ1) is 12.1. The molecule has 1 rings (SSSR count). The van der Waals surface area contributed by atoms with Crippen molar-refractivity contribution >= 4 is 5.97 Å². The average molecular weight is 372 g/mol. The van der Waals surface area contributed by atoms with Gasteiger partial charge in [0, 0.05) is 19.8 Å². The minimum absolute atomic E-state index is 0.0524. The fraction of sp³-hybridized carbons (Fsp3) is 0.952. The van der Waals surface area contributed by atoms with Crippen molar-refractivity contribution in [1.82, 2.24) is 5.01 Å². The molecule has 5 nitrogen and oxygen atoms in total. The molecule has 0 aromatic heterocycles. The summed E-state index contributed by atoms with van der Waals surface area (Å²) in [5, 5.41) is 2.56. The zero-order valence-electron chi connectivity index (χ0n) is 18.6. The van der Waals surface area contributed by atoms with Crippen molar-refractivity contribution in [3.8, 4) is 0 Å². The molecule has 0 spiro atoms. The van der Waals surface area contributed by atoms with Gasteiger partial charge in [-0.15, -0.1) is 5.01 Å². The molecular weight excluding hydrogens is 328 g/mol. The highest BCUT2D eigenvalue weighted by Crippen LogP contribution is 2.49. The van der Waals surface area contributed by atoms with Crippen LogP contribution >= 0.6 is 0 Å². The highest BCUT2D eigenvalue weighted by molar-refractivity contribution is 5.66. The Balaban J connectivity index is 3.34. The van der Waals surface area contributed by atoms with Gasteiger partial charge in [-0.1, -0.05) is 31.4 Å². The number of esters is 1. The number of quaternary nitrogens is 1. The molecule has 0 unspecified atom stereocenters. The second-order valence-corrected chi connectivity index (χ2v) is 8.92. The number of carbonyl (C=O) groups excluding carboxylic acids is 1. The van der Waals surface area contributed by atoms with Crippen molar-refractivity contribution in [3.05, 3.63) is 0 Å². The molecule has 0 bridgehead atoms. The molecule has 26 heavy (non-hydrogen) atoms. The van der Waals surface area contributed by atoms with Gasteiger partial charge < -0.3 is 4.74 Å². The van der Waals surface area contributed by atoms with Crippen molar-refractivity contribution in [2.45, 2.75) is 111 Å². The van der Waals surface area contributed by atoms with Crippen LogP contribution in [-0.4, -0.2) is 52.6 Å². The molecular formula is C21H43N2O3+. The van der Waals surface area contributed by atoms with E-state index in [0.29, 0.717) is 11.4 Å². The van der Waals surface area contributed by atoms with Crippen molar-refractivity contribution in [2.24, 2.45) is 0 Å². The number of hydrogen-bond donors (Lipinski definition) is 0. The van der Waals surface area contributed by atoms with Gasteiger partial charge in [0.2, 0.25) is 0 Å². The monoisotopic (exact) mass is 371 g/mol. The normalized spacial score (nSPS) is 27.5. The van der Waals surface area contributed by atoms with E-state index in [-0.39, 0.29) is 23.2 Å². The lowest BCUT2D eigenvalue weighted by Crippen LogP contribution is -2.80. The molecule has 5 heteroatoms. The Morgan fingerprint density at radius 2 is 1.46 bits per heavy atom. The number of hydroxylamine groups is 2. The van der Waals surface area contributed by atoms with Crippen LogP contribution in [0.1, 0.15) is 93.9 Å². The van der Waals surface area contributed by atoms with Crippen molar-refractivity contribution in [3.63, 3.8) is 0 Å². The van der Waals surface area contributed by atoms with Gasteiger partial charge in [-0.25, -0.2) is 0 Å². The molecule has 0 aromatic rings. The number of ether oxygens (including phenoxy) is 1. The summed E-state index contributed by atoms with van der Waals surface area (Å²) in [5.41, 5.74) is -0.362. The van der Waals surface area contributed by atoms with E-state index in [1.54, 1.807) is 0 Å². The van der Waals surface area contributed by atoms with Crippen LogP contribution < -0.4 is 0 Å². The molecule has 0 N–H and O–H groups in total. The topological polar surface area (TPSA) is 38.8 Å². The number of carbonyl (C=O) groups is 1. The van der Waals surface area contributed by atoms with Gasteiger partial charge in [-0.2, -0.15) is 4.84 Å². The maximum absolute atomic E-state index is 11.6. The van der Waals surface area contributed by atoms with Crippen molar-refractivity contribution in [1.29, 1.82) is 0 Å². The van der Waals surface area contributed by atoms with E-state index in [4.69, 9.17) is 9.57 Å². The molecule has 0 saturated carbocycles. The largest absolute Gasteiger partial charge is 0.462 e. The summed E-state index contributed by atoms with van der Waals surface area (Å²) in [6.07, 6.45) is 6.24. The van der Waals surface area contributed by atoms with Gasteiger partial charge in [0.1, 0.15) is 23.8 Å². The third-order valence-electron chi connectivity index (χ3n) is 5.68. The van der Waals surface area contributed by atoms with E-state index in [1.165, 1.54) is 19.8 Å². The Morgan fingerprint density at radius 3 is 1.81 bits per heavy atom. The van der Waals surface area contributed by atoms with Crippen LogP contribution in [0.2, 0.25) is 0 Å². The SMILES string of the molecule is CCCCN(CCCC)[N+]1(OCC)C(C)(C)CC(OC(C)=O)CC1(C)C. The number of piperidine rings is 1. The summed E-state index contributed by atoms with van der Waals surface area (Å²) in [4.78, 5) is 18.2. The lowest BCUT2D eigenvalue weighted by molar-refractivity contribution is -1.25. The lowest BCUT2D eigenvalue weighted by Gasteiger charge is -2.62. The molecule has 0 aromatic carbocycles. The third kappa shape index (κ3) is 4.79. The zero-order valence-corrected chi connectivity index (χ0v) is 18.6. The first-order valence-electron chi connectivity index (χ1n) is 10.5. The standard InChI is InChI=1S/C21H43N2O3/c1-9-12-14-22(15-13-10-2)23(25-11-3)20(5,6)16-19(26-18(4)24)17-21(23,7)8/h19H,9-17H2,1-8H3/q+1. The molecule has 1 aliphatic heterocycles. The summed E-state index contributed by atoms with van der Waals surface area (Å²) in [6, 6.07) is 0. The average Bonchev–Trinajstić information content (AvgIpc) is 2.50. The first kappa shape index (κ1) is 23.4. The van der Waals surface area contributed by atoms with Gasteiger partial charge in [0.25, 0.3) is 0 Å². The van der Waals surface area contributed by atoms with Gasteiger partial charge >= 0.3 is 5.97 Å². The maximum Gasteiger partial charge on any atom is 0.302 e. The van der Waals surface area contributed by atoms with Crippen molar-refractivity contribution < 1.29 is 19.1 Å². The summed E-state index contributed by atoms with van der Waals surface area (Å²) < 4.78 is 6.17. The fourth-order valence-electron chi connectivity index (χ4n) is 5.03. The van der Waals surface area contributed by atoms with E-state index in [2.05, 4.69) is 53.5 Å².